The van der Waals surface area contributed by atoms with Crippen molar-refractivity contribution in [3.05, 3.63) is 57.2 Å². The fraction of sp³-hybridized carbons (Fsp3) is 0.409. The molecule has 4 rings (SSSR count). The third-order valence-corrected chi connectivity index (χ3v) is 6.33. The number of halogens is 1. The van der Waals surface area contributed by atoms with E-state index < -0.39 is 11.7 Å². The molecule has 3 aromatic rings. The van der Waals surface area contributed by atoms with Crippen LogP contribution < -0.4 is 16.7 Å². The highest BCUT2D eigenvalue weighted by atomic mass is 19.1. The Morgan fingerprint density at radius 3 is 2.69 bits per heavy atom. The van der Waals surface area contributed by atoms with E-state index in [1.54, 1.807) is 24.7 Å². The van der Waals surface area contributed by atoms with Crippen molar-refractivity contribution in [1.29, 1.82) is 0 Å². The number of hydrogen-bond donors (Lipinski definition) is 2. The number of nitrogens with zero attached hydrogens (tertiary/aromatic N) is 5. The van der Waals surface area contributed by atoms with Crippen molar-refractivity contribution in [1.82, 2.24) is 19.1 Å². The number of amides is 1. The highest BCUT2D eigenvalue weighted by Gasteiger charge is 2.38. The van der Waals surface area contributed by atoms with Gasteiger partial charge in [-0.05, 0) is 37.5 Å². The second-order valence-electron chi connectivity index (χ2n) is 8.59. The Bertz CT molecular complexity index is 1330. The van der Waals surface area contributed by atoms with Crippen LogP contribution in [0.2, 0.25) is 0 Å². The fourth-order valence-corrected chi connectivity index (χ4v) is 4.24. The molecule has 0 aliphatic heterocycles. The van der Waals surface area contributed by atoms with E-state index in [1.807, 2.05) is 6.92 Å². The van der Waals surface area contributed by atoms with Crippen molar-refractivity contribution in [3.8, 4) is 0 Å². The summed E-state index contributed by atoms with van der Waals surface area (Å²) in [5, 5.41) is 2.97. The maximum Gasteiger partial charge on any atom is 0.330 e. The van der Waals surface area contributed by atoms with E-state index in [0.717, 1.165) is 0 Å². The summed E-state index contributed by atoms with van der Waals surface area (Å²) < 4.78 is 17.4. The van der Waals surface area contributed by atoms with Gasteiger partial charge in [-0.25, -0.2) is 20.7 Å². The van der Waals surface area contributed by atoms with E-state index in [4.69, 9.17) is 12.3 Å². The van der Waals surface area contributed by atoms with E-state index in [0.29, 0.717) is 48.1 Å². The van der Waals surface area contributed by atoms with Gasteiger partial charge in [0, 0.05) is 38.5 Å². The van der Waals surface area contributed by atoms with Gasteiger partial charge in [-0.2, -0.15) is 4.98 Å². The van der Waals surface area contributed by atoms with Crippen LogP contribution in [-0.2, 0) is 7.05 Å². The van der Waals surface area contributed by atoms with Gasteiger partial charge >= 0.3 is 5.69 Å². The van der Waals surface area contributed by atoms with Crippen LogP contribution in [-0.4, -0.2) is 30.5 Å². The first kappa shape index (κ1) is 21.5. The van der Waals surface area contributed by atoms with Crippen molar-refractivity contribution in [2.75, 3.05) is 5.32 Å². The second kappa shape index (κ2) is 7.75. The van der Waals surface area contributed by atoms with Gasteiger partial charge in [0.2, 0.25) is 11.5 Å². The Labute approximate surface area is 183 Å². The third-order valence-electron chi connectivity index (χ3n) is 6.33. The lowest BCUT2D eigenvalue weighted by Crippen LogP contribution is -2.33. The summed E-state index contributed by atoms with van der Waals surface area (Å²) in [5.41, 5.74) is 6.51. The van der Waals surface area contributed by atoms with Crippen molar-refractivity contribution < 1.29 is 9.18 Å². The van der Waals surface area contributed by atoms with E-state index in [9.17, 15) is 14.0 Å². The lowest BCUT2D eigenvalue weighted by atomic mass is 9.81. The standard InChI is InChI=1S/C22H24FN7O2/c1-12-9-14(18(24)31)15(23)10-16(12)27-20-26-11-17-19(28-20)30(21(32)29(17)4)13-5-7-22(2,25-3)8-6-13/h9-11,13H,5-8H2,1-2,4H3,(H2,24,31)(H,26,27,28). The van der Waals surface area contributed by atoms with Crippen LogP contribution in [0.4, 0.5) is 16.0 Å². The number of benzene rings is 1. The first-order valence-corrected chi connectivity index (χ1v) is 10.3. The summed E-state index contributed by atoms with van der Waals surface area (Å²) in [5.74, 6) is -1.38. The van der Waals surface area contributed by atoms with E-state index in [2.05, 4.69) is 20.1 Å². The average Bonchev–Trinajstić information content (AvgIpc) is 3.01. The van der Waals surface area contributed by atoms with Gasteiger partial charge in [0.05, 0.1) is 11.8 Å². The molecule has 166 valence electrons. The van der Waals surface area contributed by atoms with Gasteiger partial charge < -0.3 is 15.9 Å². The first-order valence-electron chi connectivity index (χ1n) is 10.3. The maximum atomic E-state index is 14.2. The van der Waals surface area contributed by atoms with Crippen LogP contribution >= 0.6 is 0 Å². The fourth-order valence-electron chi connectivity index (χ4n) is 4.24. The van der Waals surface area contributed by atoms with Gasteiger partial charge in [0.25, 0.3) is 5.91 Å². The summed E-state index contributed by atoms with van der Waals surface area (Å²) in [6, 6.07) is 2.48. The van der Waals surface area contributed by atoms with Crippen LogP contribution in [0, 0.1) is 19.3 Å². The molecule has 1 aliphatic rings. The van der Waals surface area contributed by atoms with Crippen LogP contribution in [0.3, 0.4) is 0 Å². The monoisotopic (exact) mass is 437 g/mol. The summed E-state index contributed by atoms with van der Waals surface area (Å²) >= 11 is 0. The lowest BCUT2D eigenvalue weighted by Gasteiger charge is -2.29. The molecule has 10 heteroatoms. The predicted molar refractivity (Wildman–Crippen MR) is 118 cm³/mol. The Balaban J connectivity index is 1.72. The number of aryl methyl sites for hydroxylation is 2. The molecule has 0 atom stereocenters. The summed E-state index contributed by atoms with van der Waals surface area (Å²) in [4.78, 5) is 36.9. The molecule has 0 saturated heterocycles. The molecule has 1 saturated carbocycles. The summed E-state index contributed by atoms with van der Waals surface area (Å²) in [6.45, 7) is 11.1. The van der Waals surface area contributed by atoms with Crippen molar-refractivity contribution in [2.45, 2.75) is 51.1 Å². The number of primary amides is 1. The van der Waals surface area contributed by atoms with Gasteiger partial charge in [0.1, 0.15) is 11.3 Å². The van der Waals surface area contributed by atoms with Gasteiger partial charge in [-0.3, -0.25) is 13.9 Å². The smallest absolute Gasteiger partial charge is 0.330 e. The zero-order chi connectivity index (χ0) is 23.2. The number of nitrogens with two attached hydrogens (primary N) is 1. The summed E-state index contributed by atoms with van der Waals surface area (Å²) in [7, 11) is 1.67. The lowest BCUT2D eigenvalue weighted by molar-refractivity contribution is 0.0996. The minimum atomic E-state index is -0.843. The van der Waals surface area contributed by atoms with Crippen LogP contribution in [0.25, 0.3) is 16.0 Å². The highest BCUT2D eigenvalue weighted by molar-refractivity contribution is 5.94. The zero-order valence-corrected chi connectivity index (χ0v) is 18.1. The molecule has 1 aromatic carbocycles. The number of nitrogens with one attached hydrogen (secondary N) is 1. The quantitative estimate of drug-likeness (QED) is 0.609. The molecule has 2 aromatic heterocycles. The number of aromatic nitrogens is 4. The molecule has 0 spiro atoms. The minimum absolute atomic E-state index is 0.0576. The van der Waals surface area contributed by atoms with Crippen molar-refractivity contribution in [3.63, 3.8) is 0 Å². The molecule has 9 nitrogen and oxygen atoms in total. The van der Waals surface area contributed by atoms with E-state index >= 15 is 0 Å². The largest absolute Gasteiger partial charge is 0.366 e. The molecule has 2 heterocycles. The Morgan fingerprint density at radius 1 is 1.38 bits per heavy atom. The second-order valence-corrected chi connectivity index (χ2v) is 8.59. The molecule has 0 unspecified atom stereocenters. The maximum absolute atomic E-state index is 14.2. The van der Waals surface area contributed by atoms with E-state index in [1.165, 1.54) is 16.7 Å². The third kappa shape index (κ3) is 3.60. The Morgan fingerprint density at radius 2 is 2.06 bits per heavy atom. The number of anilines is 2. The summed E-state index contributed by atoms with van der Waals surface area (Å²) in [6.07, 6.45) is 4.40. The highest BCUT2D eigenvalue weighted by Crippen LogP contribution is 2.37. The number of fused-ring (bicyclic) bond motifs is 1. The predicted octanol–water partition coefficient (Wildman–Crippen LogP) is 3.21. The number of carbonyl (C=O) groups is 1. The zero-order valence-electron chi connectivity index (χ0n) is 18.1. The molecule has 1 aliphatic carbocycles. The van der Waals surface area contributed by atoms with Crippen molar-refractivity contribution in [2.24, 2.45) is 12.8 Å². The molecule has 1 fully saturated rings. The van der Waals surface area contributed by atoms with Crippen LogP contribution in [0.5, 0.6) is 0 Å². The van der Waals surface area contributed by atoms with E-state index in [-0.39, 0.29) is 28.8 Å². The van der Waals surface area contributed by atoms with Crippen molar-refractivity contribution >= 4 is 28.7 Å². The molecule has 3 N–H and O–H groups in total. The normalized spacial score (nSPS) is 20.8. The Hall–Kier alpha value is -3.74. The number of carbonyl (C=O) groups excluding carboxylic acids is 1. The molecule has 0 radical (unpaired) electrons. The average molecular weight is 437 g/mol. The molecule has 32 heavy (non-hydrogen) atoms. The van der Waals surface area contributed by atoms with Gasteiger partial charge in [0.15, 0.2) is 5.65 Å². The molecular formula is C22H24FN7O2. The van der Waals surface area contributed by atoms with Gasteiger partial charge in [-0.15, -0.1) is 0 Å². The number of rotatable bonds is 4. The van der Waals surface area contributed by atoms with Gasteiger partial charge in [-0.1, -0.05) is 0 Å². The first-order chi connectivity index (χ1) is 15.1. The SMILES string of the molecule is [C-]#[N+]C1(C)CCC(n2c(=O)n(C)c3cnc(Nc4cc(F)c(C(N)=O)cc4C)nc32)CC1. The number of hydrogen-bond acceptors (Lipinski definition) is 5. The topological polar surface area (TPSA) is 112 Å². The van der Waals surface area contributed by atoms with Crippen LogP contribution in [0.1, 0.15) is 54.6 Å². The van der Waals surface area contributed by atoms with Crippen LogP contribution in [0.15, 0.2) is 23.1 Å². The minimum Gasteiger partial charge on any atom is -0.366 e. The number of imidazole rings is 1. The Kier molecular flexibility index (Phi) is 5.20. The molecular weight excluding hydrogens is 413 g/mol. The molecule has 1 amide bonds. The molecule has 0 bridgehead atoms.